The number of hydrogen-bond acceptors (Lipinski definition) is 12. The van der Waals surface area contributed by atoms with E-state index in [1.54, 1.807) is 28.3 Å². The Labute approximate surface area is 369 Å². The number of cyclic esters (lactones) is 1. The van der Waals surface area contributed by atoms with Gasteiger partial charge in [-0.2, -0.15) is 0 Å². The van der Waals surface area contributed by atoms with Gasteiger partial charge >= 0.3 is 5.97 Å². The van der Waals surface area contributed by atoms with Gasteiger partial charge in [-0.3, -0.25) is 14.4 Å². The van der Waals surface area contributed by atoms with Crippen molar-refractivity contribution in [1.29, 1.82) is 0 Å². The Hall–Kier alpha value is -3.62. The minimum absolute atomic E-state index is 0.0749. The first-order valence-electron chi connectivity index (χ1n) is 23.0. The molecule has 3 heterocycles. The molecule has 4 aliphatic rings. The van der Waals surface area contributed by atoms with Crippen molar-refractivity contribution in [1.82, 2.24) is 4.90 Å². The van der Waals surface area contributed by atoms with E-state index < -0.39 is 59.8 Å². The van der Waals surface area contributed by atoms with Crippen molar-refractivity contribution in [3.05, 3.63) is 47.6 Å². The summed E-state index contributed by atoms with van der Waals surface area (Å²) in [6.07, 6.45) is 7.90. The van der Waals surface area contributed by atoms with E-state index in [1.165, 1.54) is 4.90 Å². The Morgan fingerprint density at radius 3 is 2.35 bits per heavy atom. The van der Waals surface area contributed by atoms with Gasteiger partial charge in [0, 0.05) is 51.1 Å². The molecule has 3 N–H and O–H groups in total. The van der Waals surface area contributed by atoms with Crippen LogP contribution in [0.25, 0.3) is 0 Å². The number of carbonyl (C=O) groups is 4. The lowest BCUT2D eigenvalue weighted by Crippen LogP contribution is -2.64. The van der Waals surface area contributed by atoms with Crippen LogP contribution in [0.4, 0.5) is 0 Å². The van der Waals surface area contributed by atoms with Gasteiger partial charge in [-0.1, -0.05) is 51.5 Å². The van der Waals surface area contributed by atoms with Crippen molar-refractivity contribution in [3.63, 3.8) is 0 Å². The molecule has 0 spiro atoms. The number of carbonyl (C=O) groups excluding carboxylic acids is 4. The number of rotatable bonds is 8. The number of nitrogens with two attached hydrogens (primary N) is 1. The fraction of sp³-hybridized carbons (Fsp3) is 0.714. The molecule has 346 valence electrons. The van der Waals surface area contributed by atoms with Gasteiger partial charge in [-0.25, -0.2) is 4.79 Å². The summed E-state index contributed by atoms with van der Waals surface area (Å²) in [6.45, 7) is 11.9. The molecule has 13 atom stereocenters. The number of methoxy groups -OCH3 is 3. The third-order valence-corrected chi connectivity index (χ3v) is 13.9. The lowest BCUT2D eigenvalue weighted by Gasteiger charge is -2.47. The van der Waals surface area contributed by atoms with Crippen molar-refractivity contribution < 1.29 is 52.7 Å². The molecule has 13 heteroatoms. The first kappa shape index (κ1) is 49.4. The van der Waals surface area contributed by atoms with Crippen LogP contribution < -0.4 is 15.2 Å². The summed E-state index contributed by atoms with van der Waals surface area (Å²) in [7, 11) is 4.72. The van der Waals surface area contributed by atoms with Gasteiger partial charge in [0.2, 0.25) is 5.79 Å². The second-order valence-electron chi connectivity index (χ2n) is 18.7. The molecule has 1 saturated carbocycles. The van der Waals surface area contributed by atoms with Gasteiger partial charge in [0.05, 0.1) is 19.3 Å². The van der Waals surface area contributed by atoms with Crippen molar-refractivity contribution in [2.75, 3.05) is 27.9 Å². The van der Waals surface area contributed by atoms with Crippen LogP contribution in [-0.2, 0) is 38.1 Å². The molecule has 1 aromatic rings. The molecule has 1 amide bonds. The van der Waals surface area contributed by atoms with Crippen molar-refractivity contribution in [2.24, 2.45) is 35.3 Å². The number of allylic oxidation sites excluding steroid dienone is 3. The molecule has 5 rings (SSSR count). The molecule has 0 aromatic heterocycles. The number of ether oxygens (including phenoxy) is 6. The molecule has 1 aromatic carbocycles. The Kier molecular flexibility index (Phi) is 17.8. The summed E-state index contributed by atoms with van der Waals surface area (Å²) in [5, 5.41) is 12.1. The lowest BCUT2D eigenvalue weighted by atomic mass is 9.81. The van der Waals surface area contributed by atoms with E-state index in [2.05, 4.69) is 19.1 Å². The predicted octanol–water partition coefficient (Wildman–Crippen LogP) is 6.91. The first-order valence-corrected chi connectivity index (χ1v) is 23.0. The van der Waals surface area contributed by atoms with Crippen LogP contribution in [0.15, 0.2) is 47.6 Å². The monoisotopic (exact) mass is 867 g/mol. The highest BCUT2D eigenvalue weighted by atomic mass is 16.7. The summed E-state index contributed by atoms with van der Waals surface area (Å²) >= 11 is 0. The first-order chi connectivity index (χ1) is 29.5. The third kappa shape index (κ3) is 11.9. The molecule has 3 fully saturated rings. The molecule has 2 saturated heterocycles. The quantitative estimate of drug-likeness (QED) is 0.157. The maximum atomic E-state index is 14.5. The van der Waals surface area contributed by atoms with Gasteiger partial charge in [0.1, 0.15) is 41.6 Å². The molecule has 62 heavy (non-hydrogen) atoms. The Balaban J connectivity index is 1.48. The summed E-state index contributed by atoms with van der Waals surface area (Å²) in [6, 6.07) is 6.24. The molecule has 13 unspecified atom stereocenters. The minimum Gasteiger partial charge on any atom is -0.497 e. The van der Waals surface area contributed by atoms with Crippen LogP contribution in [0.2, 0.25) is 0 Å². The number of esters is 1. The van der Waals surface area contributed by atoms with Gasteiger partial charge < -0.3 is 44.2 Å². The maximum Gasteiger partial charge on any atom is 0.329 e. The third-order valence-electron chi connectivity index (χ3n) is 13.9. The molecule has 1 aliphatic carbocycles. The van der Waals surface area contributed by atoms with E-state index in [0.29, 0.717) is 69.3 Å². The van der Waals surface area contributed by atoms with E-state index in [1.807, 2.05) is 52.0 Å². The topological polar surface area (TPSA) is 173 Å². The normalized spacial score (nSPS) is 37.3. The summed E-state index contributed by atoms with van der Waals surface area (Å²) in [5.41, 5.74) is 8.50. The summed E-state index contributed by atoms with van der Waals surface area (Å²) < 4.78 is 36.3. The largest absolute Gasteiger partial charge is 0.497 e. The van der Waals surface area contributed by atoms with E-state index in [4.69, 9.17) is 34.2 Å². The zero-order chi connectivity index (χ0) is 45.3. The van der Waals surface area contributed by atoms with Gasteiger partial charge in [0.15, 0.2) is 0 Å². The highest BCUT2D eigenvalue weighted by Crippen LogP contribution is 2.39. The van der Waals surface area contributed by atoms with E-state index >= 15 is 0 Å². The summed E-state index contributed by atoms with van der Waals surface area (Å²) in [4.78, 5) is 58.3. The van der Waals surface area contributed by atoms with Crippen molar-refractivity contribution >= 4 is 23.4 Å². The Morgan fingerprint density at radius 1 is 0.952 bits per heavy atom. The molecular weight excluding hydrogens is 793 g/mol. The van der Waals surface area contributed by atoms with Crippen LogP contribution >= 0.6 is 0 Å². The summed E-state index contributed by atoms with van der Waals surface area (Å²) in [5.74, 6) is -4.88. The smallest absolute Gasteiger partial charge is 0.329 e. The number of amides is 1. The molecular formula is C49H74N2O11. The number of hydrogen-bond donors (Lipinski definition) is 2. The Bertz CT molecular complexity index is 1760. The molecule has 3 aliphatic heterocycles. The average molecular weight is 867 g/mol. The van der Waals surface area contributed by atoms with Crippen LogP contribution in [0.1, 0.15) is 119 Å². The zero-order valence-electron chi connectivity index (χ0n) is 38.6. The van der Waals surface area contributed by atoms with Crippen LogP contribution in [-0.4, -0.2) is 110 Å². The Morgan fingerprint density at radius 2 is 1.66 bits per heavy atom. The number of Topliss-reactive ketones (excluding diaryl/α,β-unsaturated/α-hetero) is 2. The highest BCUT2D eigenvalue weighted by Gasteiger charge is 2.56. The molecule has 2 bridgehead atoms. The fourth-order valence-corrected chi connectivity index (χ4v) is 10.2. The minimum atomic E-state index is -2.47. The van der Waals surface area contributed by atoms with E-state index in [0.717, 1.165) is 24.0 Å². The van der Waals surface area contributed by atoms with Crippen molar-refractivity contribution in [3.8, 4) is 11.5 Å². The second-order valence-corrected chi connectivity index (χ2v) is 18.7. The molecule has 13 nitrogen and oxygen atoms in total. The van der Waals surface area contributed by atoms with Crippen LogP contribution in [0.5, 0.6) is 11.5 Å². The van der Waals surface area contributed by atoms with Crippen molar-refractivity contribution in [2.45, 2.75) is 167 Å². The number of benzene rings is 1. The maximum absolute atomic E-state index is 14.5. The number of piperidine rings is 1. The lowest BCUT2D eigenvalue weighted by molar-refractivity contribution is -0.302. The highest BCUT2D eigenvalue weighted by molar-refractivity contribution is 6.39. The van der Waals surface area contributed by atoms with Gasteiger partial charge in [-0.05, 0) is 120 Å². The number of nitrogens with zero attached hydrogens (tertiary/aromatic N) is 1. The number of ketones is 2. The fourth-order valence-electron chi connectivity index (χ4n) is 10.2. The van der Waals surface area contributed by atoms with Crippen LogP contribution in [0.3, 0.4) is 0 Å². The average Bonchev–Trinajstić information content (AvgIpc) is 3.26. The number of aliphatic hydroxyl groups is 1. The number of fused-ring (bicyclic) bond motifs is 3. The van der Waals surface area contributed by atoms with Gasteiger partial charge in [0.25, 0.3) is 11.7 Å². The zero-order valence-corrected chi connectivity index (χ0v) is 38.6. The second kappa shape index (κ2) is 22.3. The molecule has 0 radical (unpaired) electrons. The van der Waals surface area contributed by atoms with Crippen LogP contribution in [0, 0.1) is 29.6 Å². The SMILES string of the molecule is CCC1/C=C(\C)CC(C)CC(OC)C2OC(O)(C(=O)C(=O)N3CCCCC3C(=O)OC(C(C)=CC3CCC(N)C(Oc4cccc(OC)c4)C3)C(C)CCC1=O)C(C)CC2OC. The standard InChI is InChI=1S/C49H74N2O11/c1-10-35-23-29(2)22-30(3)24-42(58-8)45-43(59-9)26-33(6)49(56,62-45)46(53)47(54)51-21-12-11-16-39(51)48(55)61-44(31(4)17-20-40(35)52)32(5)25-34-18-19-38(50)41(27-34)60-37-15-13-14-36(28-37)57-7/h13-15,23,25,28,30-31,33-35,38-39,41-45,56H,10-12,16-22,24,26-27,50H2,1-9H3/b29-23+,32-25?. The van der Waals surface area contributed by atoms with E-state index in [-0.39, 0.29) is 54.6 Å². The van der Waals surface area contributed by atoms with E-state index in [9.17, 15) is 24.3 Å². The van der Waals surface area contributed by atoms with Gasteiger partial charge in [-0.15, -0.1) is 0 Å². The predicted molar refractivity (Wildman–Crippen MR) is 235 cm³/mol.